The fourth-order valence-corrected chi connectivity index (χ4v) is 2.00. The predicted molar refractivity (Wildman–Crippen MR) is 69.5 cm³/mol. The molecule has 96 valence electrons. The molecule has 0 saturated heterocycles. The number of hydrogen-bond acceptors (Lipinski definition) is 3. The molecular weight excluding hydrogens is 230 g/mol. The van der Waals surface area contributed by atoms with Crippen LogP contribution in [0.15, 0.2) is 18.2 Å². The van der Waals surface area contributed by atoms with E-state index in [1.807, 2.05) is 18.2 Å². The lowest BCUT2D eigenvalue weighted by atomic mass is 9.81. The van der Waals surface area contributed by atoms with Crippen LogP contribution in [-0.2, 0) is 10.2 Å². The largest absolute Gasteiger partial charge is 0.480 e. The van der Waals surface area contributed by atoms with Crippen LogP contribution in [0, 0.1) is 0 Å². The lowest BCUT2D eigenvalue weighted by Gasteiger charge is -2.25. The summed E-state index contributed by atoms with van der Waals surface area (Å²) in [5, 5.41) is 12.0. The average Bonchev–Trinajstić information content (AvgIpc) is 2.68. The maximum atomic E-state index is 10.3. The maximum absolute atomic E-state index is 10.3. The number of aromatic amines is 1. The maximum Gasteiger partial charge on any atom is 0.292 e. The second kappa shape index (κ2) is 4.68. The number of H-pyrrole nitrogens is 1. The van der Waals surface area contributed by atoms with Gasteiger partial charge in [-0.1, -0.05) is 19.9 Å². The lowest BCUT2D eigenvalue weighted by Crippen LogP contribution is -2.24. The van der Waals surface area contributed by atoms with Gasteiger partial charge < -0.3 is 15.4 Å². The van der Waals surface area contributed by atoms with Crippen molar-refractivity contribution in [1.82, 2.24) is 15.3 Å². The zero-order valence-electron chi connectivity index (χ0n) is 10.5. The molecule has 0 saturated carbocycles. The third-order valence-electron chi connectivity index (χ3n) is 3.23. The van der Waals surface area contributed by atoms with Gasteiger partial charge in [-0.05, 0) is 29.5 Å². The molecule has 18 heavy (non-hydrogen) atoms. The van der Waals surface area contributed by atoms with Gasteiger partial charge in [0.2, 0.25) is 6.41 Å². The molecule has 0 aliphatic heterocycles. The number of imidazole rings is 1. The zero-order valence-corrected chi connectivity index (χ0v) is 10.5. The van der Waals surface area contributed by atoms with E-state index in [1.54, 1.807) is 0 Å². The number of benzene rings is 1. The Hall–Kier alpha value is -2.04. The molecule has 0 radical (unpaired) electrons. The molecule has 1 aromatic carbocycles. The van der Waals surface area contributed by atoms with Gasteiger partial charge in [0.1, 0.15) is 0 Å². The quantitative estimate of drug-likeness (QED) is 0.555. The van der Waals surface area contributed by atoms with Gasteiger partial charge in [0, 0.05) is 6.54 Å². The van der Waals surface area contributed by atoms with Crippen molar-refractivity contribution >= 4 is 17.4 Å². The predicted octanol–water partition coefficient (Wildman–Crippen LogP) is 1.68. The highest BCUT2D eigenvalue weighted by Gasteiger charge is 2.20. The summed E-state index contributed by atoms with van der Waals surface area (Å²) in [6.45, 7) is 4.88. The Morgan fingerprint density at radius 1 is 1.50 bits per heavy atom. The molecule has 5 heteroatoms. The Bertz CT molecular complexity index is 560. The van der Waals surface area contributed by atoms with Crippen molar-refractivity contribution in [3.8, 4) is 6.01 Å². The lowest BCUT2D eigenvalue weighted by molar-refractivity contribution is -0.109. The summed E-state index contributed by atoms with van der Waals surface area (Å²) in [6, 6.07) is 5.82. The molecule has 1 heterocycles. The van der Waals surface area contributed by atoms with Crippen LogP contribution in [0.3, 0.4) is 0 Å². The highest BCUT2D eigenvalue weighted by molar-refractivity contribution is 5.76. The highest BCUT2D eigenvalue weighted by Crippen LogP contribution is 2.29. The monoisotopic (exact) mass is 247 g/mol. The molecular formula is C13H17N3O2. The summed E-state index contributed by atoms with van der Waals surface area (Å²) in [5.74, 6) is 0. The molecule has 3 N–H and O–H groups in total. The molecule has 0 bridgehead atoms. The van der Waals surface area contributed by atoms with Gasteiger partial charge in [-0.15, -0.1) is 0 Å². The van der Waals surface area contributed by atoms with E-state index in [2.05, 4.69) is 29.1 Å². The molecule has 5 nitrogen and oxygen atoms in total. The molecule has 0 aliphatic carbocycles. The molecule has 0 atom stereocenters. The first-order valence-corrected chi connectivity index (χ1v) is 5.89. The van der Waals surface area contributed by atoms with Gasteiger partial charge in [-0.25, -0.2) is 0 Å². The standard InChI is InChI=1S/C13H17N3O2/c1-13(2,5-6-14-8-17)9-3-4-10-11(7-9)16-12(18)15-10/h3-4,7-8H,5-6H2,1-2H3,(H,14,17)(H2,15,16,18). The first-order valence-electron chi connectivity index (χ1n) is 5.89. The van der Waals surface area contributed by atoms with Crippen molar-refractivity contribution < 1.29 is 9.90 Å². The number of fused-ring (bicyclic) bond motifs is 1. The van der Waals surface area contributed by atoms with E-state index in [9.17, 15) is 9.90 Å². The SMILES string of the molecule is CC(C)(CCNC=O)c1ccc2[nH]c(O)nc2c1. The van der Waals surface area contributed by atoms with Crippen LogP contribution in [0.1, 0.15) is 25.8 Å². The number of aromatic nitrogens is 2. The molecule has 0 fully saturated rings. The van der Waals surface area contributed by atoms with E-state index in [0.29, 0.717) is 13.0 Å². The zero-order chi connectivity index (χ0) is 13.2. The number of amides is 1. The second-order valence-electron chi connectivity index (χ2n) is 5.00. The summed E-state index contributed by atoms with van der Waals surface area (Å²) in [7, 11) is 0. The third-order valence-corrected chi connectivity index (χ3v) is 3.23. The van der Waals surface area contributed by atoms with Gasteiger partial charge in [-0.2, -0.15) is 4.98 Å². The molecule has 2 rings (SSSR count). The van der Waals surface area contributed by atoms with E-state index < -0.39 is 0 Å². The second-order valence-corrected chi connectivity index (χ2v) is 5.00. The molecule has 0 unspecified atom stereocenters. The Morgan fingerprint density at radius 3 is 3.00 bits per heavy atom. The van der Waals surface area contributed by atoms with Gasteiger partial charge in [0.05, 0.1) is 11.0 Å². The number of aromatic hydroxyl groups is 1. The summed E-state index contributed by atoms with van der Waals surface area (Å²) in [5.41, 5.74) is 2.65. The Kier molecular flexibility index (Phi) is 3.23. The van der Waals surface area contributed by atoms with Crippen LogP contribution in [-0.4, -0.2) is 28.0 Å². The van der Waals surface area contributed by atoms with Crippen LogP contribution in [0.5, 0.6) is 6.01 Å². The summed E-state index contributed by atoms with van der Waals surface area (Å²) >= 11 is 0. The Morgan fingerprint density at radius 2 is 2.28 bits per heavy atom. The summed E-state index contributed by atoms with van der Waals surface area (Å²) < 4.78 is 0. The normalized spacial score (nSPS) is 11.7. The van der Waals surface area contributed by atoms with Crippen molar-refractivity contribution in [2.24, 2.45) is 0 Å². The van der Waals surface area contributed by atoms with Crippen LogP contribution >= 0.6 is 0 Å². The molecule has 1 aromatic heterocycles. The summed E-state index contributed by atoms with van der Waals surface area (Å²) in [6.07, 6.45) is 1.55. The number of nitrogens with zero attached hydrogens (tertiary/aromatic N) is 1. The van der Waals surface area contributed by atoms with Crippen molar-refractivity contribution in [2.75, 3.05) is 6.54 Å². The number of carbonyl (C=O) groups is 1. The highest BCUT2D eigenvalue weighted by atomic mass is 16.3. The van der Waals surface area contributed by atoms with Crippen LogP contribution in [0.25, 0.3) is 11.0 Å². The van der Waals surface area contributed by atoms with Gasteiger partial charge >= 0.3 is 0 Å². The third kappa shape index (κ3) is 2.45. The first-order chi connectivity index (χ1) is 8.53. The van der Waals surface area contributed by atoms with Crippen LogP contribution in [0.2, 0.25) is 0 Å². The number of hydrogen-bond donors (Lipinski definition) is 3. The smallest absolute Gasteiger partial charge is 0.292 e. The van der Waals surface area contributed by atoms with Crippen molar-refractivity contribution in [2.45, 2.75) is 25.7 Å². The Balaban J connectivity index is 2.25. The van der Waals surface area contributed by atoms with Crippen molar-refractivity contribution in [3.63, 3.8) is 0 Å². The van der Waals surface area contributed by atoms with Gasteiger partial charge in [0.25, 0.3) is 6.01 Å². The minimum absolute atomic E-state index is 0.0568. The fraction of sp³-hybridized carbons (Fsp3) is 0.385. The van der Waals surface area contributed by atoms with Gasteiger partial charge in [0.15, 0.2) is 0 Å². The summed E-state index contributed by atoms with van der Waals surface area (Å²) in [4.78, 5) is 17.0. The average molecular weight is 247 g/mol. The van der Waals surface area contributed by atoms with Crippen molar-refractivity contribution in [3.05, 3.63) is 23.8 Å². The number of nitrogens with one attached hydrogen (secondary N) is 2. The van der Waals surface area contributed by atoms with E-state index in [1.165, 1.54) is 0 Å². The topological polar surface area (TPSA) is 78.0 Å². The van der Waals surface area contributed by atoms with Crippen LogP contribution in [0.4, 0.5) is 0 Å². The fourth-order valence-electron chi connectivity index (χ4n) is 2.00. The number of carbonyl (C=O) groups excluding carboxylic acids is 1. The van der Waals surface area contributed by atoms with Crippen LogP contribution < -0.4 is 5.32 Å². The van der Waals surface area contributed by atoms with E-state index in [-0.39, 0.29) is 11.4 Å². The Labute approximate surface area is 105 Å². The molecule has 1 amide bonds. The van der Waals surface area contributed by atoms with Gasteiger partial charge in [-0.3, -0.25) is 4.79 Å². The molecule has 0 aliphatic rings. The minimum Gasteiger partial charge on any atom is -0.480 e. The molecule has 0 spiro atoms. The number of rotatable bonds is 5. The van der Waals surface area contributed by atoms with E-state index in [4.69, 9.17) is 0 Å². The first kappa shape index (κ1) is 12.4. The van der Waals surface area contributed by atoms with E-state index in [0.717, 1.165) is 23.0 Å². The molecule has 2 aromatic rings. The minimum atomic E-state index is -0.0671. The van der Waals surface area contributed by atoms with Crippen molar-refractivity contribution in [1.29, 1.82) is 0 Å². The van der Waals surface area contributed by atoms with E-state index >= 15 is 0 Å².